The van der Waals surface area contributed by atoms with Crippen molar-refractivity contribution in [2.45, 2.75) is 48.9 Å². The van der Waals surface area contributed by atoms with Crippen LogP contribution in [0.1, 0.15) is 42.5 Å². The van der Waals surface area contributed by atoms with Crippen LogP contribution in [0.2, 0.25) is 0 Å². The van der Waals surface area contributed by atoms with Gasteiger partial charge in [0.2, 0.25) is 10.0 Å². The quantitative estimate of drug-likeness (QED) is 0.839. The molecule has 1 atom stereocenters. The largest absolute Gasteiger partial charge is 0.349 e. The monoisotopic (exact) mass is 382 g/mol. The average molecular weight is 382 g/mol. The zero-order chi connectivity index (χ0) is 18.8. The molecule has 1 saturated carbocycles. The van der Waals surface area contributed by atoms with Crippen molar-refractivity contribution in [1.82, 2.24) is 9.62 Å². The first-order valence-electron chi connectivity index (χ1n) is 8.95. The second-order valence-electron chi connectivity index (χ2n) is 7.04. The summed E-state index contributed by atoms with van der Waals surface area (Å²) in [5.41, 5.74) is 0.411. The average Bonchev–Trinajstić information content (AvgIpc) is 3.02. The predicted molar refractivity (Wildman–Crippen MR) is 96.3 cm³/mol. The highest BCUT2D eigenvalue weighted by atomic mass is 32.2. The summed E-state index contributed by atoms with van der Waals surface area (Å²) in [5, 5.41) is 2.84. The maximum Gasteiger partial charge on any atom is 0.251 e. The van der Waals surface area contributed by atoms with Gasteiger partial charge in [-0.3, -0.25) is 4.79 Å². The van der Waals surface area contributed by atoms with Gasteiger partial charge in [0.15, 0.2) is 5.79 Å². The molecule has 144 valence electrons. The van der Waals surface area contributed by atoms with Crippen molar-refractivity contribution < 1.29 is 22.7 Å². The van der Waals surface area contributed by atoms with Crippen LogP contribution >= 0.6 is 0 Å². The Kier molecular flexibility index (Phi) is 5.67. The molecule has 8 heteroatoms. The third-order valence-corrected chi connectivity index (χ3v) is 6.74. The number of nitrogens with one attached hydrogen (secondary N) is 1. The lowest BCUT2D eigenvalue weighted by atomic mass is 9.94. The minimum atomic E-state index is -3.50. The third-order valence-electron chi connectivity index (χ3n) is 4.91. The lowest BCUT2D eigenvalue weighted by Crippen LogP contribution is -2.37. The van der Waals surface area contributed by atoms with Gasteiger partial charge in [-0.1, -0.05) is 6.42 Å². The van der Waals surface area contributed by atoms with E-state index in [1.54, 1.807) is 0 Å². The minimum absolute atomic E-state index is 0.148. The Balaban J connectivity index is 1.54. The number of hydrogen-bond acceptors (Lipinski definition) is 5. The summed E-state index contributed by atoms with van der Waals surface area (Å²) in [4.78, 5) is 12.5. The van der Waals surface area contributed by atoms with E-state index in [0.717, 1.165) is 30.0 Å². The maximum absolute atomic E-state index is 12.3. The molecule has 1 unspecified atom stereocenters. The molecule has 1 aliphatic carbocycles. The van der Waals surface area contributed by atoms with Crippen molar-refractivity contribution in [3.63, 3.8) is 0 Å². The molecule has 0 bridgehead atoms. The smallest absolute Gasteiger partial charge is 0.251 e. The summed E-state index contributed by atoms with van der Waals surface area (Å²) in [6, 6.07) is 5.91. The molecule has 0 radical (unpaired) electrons. The van der Waals surface area contributed by atoms with E-state index in [2.05, 4.69) is 5.32 Å². The van der Waals surface area contributed by atoms with Crippen LogP contribution in [0, 0.1) is 0 Å². The van der Waals surface area contributed by atoms with Crippen LogP contribution in [-0.2, 0) is 19.5 Å². The molecule has 2 fully saturated rings. The molecule has 1 aliphatic heterocycles. The topological polar surface area (TPSA) is 84.9 Å². The van der Waals surface area contributed by atoms with E-state index in [1.807, 2.05) is 0 Å². The van der Waals surface area contributed by atoms with E-state index in [0.29, 0.717) is 18.7 Å². The molecule has 1 N–H and O–H groups in total. The summed E-state index contributed by atoms with van der Waals surface area (Å²) in [5.74, 6) is -0.706. The highest BCUT2D eigenvalue weighted by Gasteiger charge is 2.42. The summed E-state index contributed by atoms with van der Waals surface area (Å²) in [7, 11) is -0.554. The first-order valence-corrected chi connectivity index (χ1v) is 10.4. The summed E-state index contributed by atoms with van der Waals surface area (Å²) >= 11 is 0. The normalized spacial score (nSPS) is 22.7. The number of hydrogen-bond donors (Lipinski definition) is 1. The van der Waals surface area contributed by atoms with Gasteiger partial charge in [0, 0.05) is 39.0 Å². The van der Waals surface area contributed by atoms with Crippen molar-refractivity contribution in [3.8, 4) is 0 Å². The number of nitrogens with zero attached hydrogens (tertiary/aromatic N) is 1. The number of rotatable bonds is 5. The van der Waals surface area contributed by atoms with Crippen molar-refractivity contribution in [2.24, 2.45) is 0 Å². The molecule has 26 heavy (non-hydrogen) atoms. The fourth-order valence-electron chi connectivity index (χ4n) is 3.37. The predicted octanol–water partition coefficient (Wildman–Crippen LogP) is 1.74. The first-order chi connectivity index (χ1) is 12.3. The van der Waals surface area contributed by atoms with Crippen LogP contribution in [0.5, 0.6) is 0 Å². The van der Waals surface area contributed by atoms with Gasteiger partial charge in [0.1, 0.15) is 6.10 Å². The second-order valence-corrected chi connectivity index (χ2v) is 9.20. The highest BCUT2D eigenvalue weighted by molar-refractivity contribution is 7.89. The van der Waals surface area contributed by atoms with Crippen molar-refractivity contribution in [2.75, 3.05) is 27.2 Å². The molecule has 1 spiro atoms. The van der Waals surface area contributed by atoms with Crippen LogP contribution in [0.4, 0.5) is 0 Å². The van der Waals surface area contributed by atoms with Gasteiger partial charge in [-0.25, -0.2) is 12.7 Å². The lowest BCUT2D eigenvalue weighted by molar-refractivity contribution is -0.186. The minimum Gasteiger partial charge on any atom is -0.349 e. The summed E-state index contributed by atoms with van der Waals surface area (Å²) < 4.78 is 37.2. The number of benzene rings is 1. The number of carbonyl (C=O) groups is 1. The van der Waals surface area contributed by atoms with Gasteiger partial charge in [0.25, 0.3) is 5.91 Å². The van der Waals surface area contributed by atoms with Gasteiger partial charge in [-0.05, 0) is 37.1 Å². The van der Waals surface area contributed by atoms with E-state index in [4.69, 9.17) is 9.47 Å². The van der Waals surface area contributed by atoms with Crippen molar-refractivity contribution >= 4 is 15.9 Å². The lowest BCUT2D eigenvalue weighted by Gasteiger charge is -2.31. The molecule has 2 aliphatic rings. The molecular formula is C18H26N2O5S. The SMILES string of the molecule is CN(C)S(=O)(=O)c1ccc(C(=O)NCC2COC3(CCCCC3)O2)cc1. The van der Waals surface area contributed by atoms with Crippen LogP contribution in [-0.4, -0.2) is 57.8 Å². The molecule has 1 aromatic carbocycles. The van der Waals surface area contributed by atoms with Gasteiger partial charge in [-0.15, -0.1) is 0 Å². The van der Waals surface area contributed by atoms with Crippen LogP contribution in [0.3, 0.4) is 0 Å². The standard InChI is InChI=1S/C18H26N2O5S/c1-20(2)26(22,23)16-8-6-14(7-9-16)17(21)19-12-15-13-24-18(25-15)10-4-3-5-11-18/h6-9,15H,3-5,10-13H2,1-2H3,(H,19,21). The Hall–Kier alpha value is -1.48. The molecule has 7 nitrogen and oxygen atoms in total. The third kappa shape index (κ3) is 4.09. The Morgan fingerprint density at radius 2 is 1.85 bits per heavy atom. The van der Waals surface area contributed by atoms with Crippen LogP contribution in [0.25, 0.3) is 0 Å². The van der Waals surface area contributed by atoms with Gasteiger partial charge >= 0.3 is 0 Å². The fraction of sp³-hybridized carbons (Fsp3) is 0.611. The Labute approximate surface area is 154 Å². The molecule has 1 aromatic rings. The van der Waals surface area contributed by atoms with Crippen molar-refractivity contribution in [1.29, 1.82) is 0 Å². The maximum atomic E-state index is 12.3. The molecule has 1 heterocycles. The van der Waals surface area contributed by atoms with Crippen LogP contribution in [0.15, 0.2) is 29.2 Å². The molecular weight excluding hydrogens is 356 g/mol. The molecule has 1 saturated heterocycles. The van der Waals surface area contributed by atoms with Crippen LogP contribution < -0.4 is 5.32 Å². The highest BCUT2D eigenvalue weighted by Crippen LogP contribution is 2.37. The zero-order valence-electron chi connectivity index (χ0n) is 15.2. The van der Waals surface area contributed by atoms with Gasteiger partial charge in [-0.2, -0.15) is 0 Å². The number of amides is 1. The van der Waals surface area contributed by atoms with E-state index >= 15 is 0 Å². The first kappa shape index (κ1) is 19.3. The summed E-state index contributed by atoms with van der Waals surface area (Å²) in [6.45, 7) is 0.860. The summed E-state index contributed by atoms with van der Waals surface area (Å²) in [6.07, 6.45) is 5.13. The molecule has 0 aromatic heterocycles. The molecule has 3 rings (SSSR count). The number of sulfonamides is 1. The Morgan fingerprint density at radius 1 is 1.19 bits per heavy atom. The Bertz CT molecular complexity index is 739. The Morgan fingerprint density at radius 3 is 2.46 bits per heavy atom. The number of ether oxygens (including phenoxy) is 2. The molecule has 1 amide bonds. The van der Waals surface area contributed by atoms with E-state index in [-0.39, 0.29) is 16.9 Å². The van der Waals surface area contributed by atoms with E-state index in [1.165, 1.54) is 44.8 Å². The van der Waals surface area contributed by atoms with E-state index < -0.39 is 15.8 Å². The van der Waals surface area contributed by atoms with Gasteiger partial charge in [0.05, 0.1) is 11.5 Å². The second kappa shape index (κ2) is 7.64. The van der Waals surface area contributed by atoms with E-state index in [9.17, 15) is 13.2 Å². The van der Waals surface area contributed by atoms with Gasteiger partial charge < -0.3 is 14.8 Å². The fourth-order valence-corrected chi connectivity index (χ4v) is 4.27. The number of carbonyl (C=O) groups excluding carboxylic acids is 1. The zero-order valence-corrected chi connectivity index (χ0v) is 16.0. The van der Waals surface area contributed by atoms with Crippen molar-refractivity contribution in [3.05, 3.63) is 29.8 Å².